The molecule has 0 N–H and O–H groups in total. The third kappa shape index (κ3) is 3.49. The lowest BCUT2D eigenvalue weighted by Crippen LogP contribution is -2.39. The Kier molecular flexibility index (Phi) is 4.35. The summed E-state index contributed by atoms with van der Waals surface area (Å²) in [4.78, 5) is 15.4. The Labute approximate surface area is 145 Å². The van der Waals surface area contributed by atoms with Crippen molar-refractivity contribution in [3.8, 4) is 11.3 Å². The van der Waals surface area contributed by atoms with Crippen LogP contribution in [0.1, 0.15) is 11.8 Å². The molecule has 0 spiro atoms. The second-order valence-electron chi connectivity index (χ2n) is 5.81. The lowest BCUT2D eigenvalue weighted by atomic mass is 10.1. The predicted molar refractivity (Wildman–Crippen MR) is 92.6 cm³/mol. The average Bonchev–Trinajstić information content (AvgIpc) is 2.69. The summed E-state index contributed by atoms with van der Waals surface area (Å²) in [5, 5.41) is 0. The van der Waals surface area contributed by atoms with Crippen LogP contribution in [0.25, 0.3) is 11.3 Å². The van der Waals surface area contributed by atoms with E-state index >= 15 is 0 Å². The lowest BCUT2D eigenvalue weighted by Gasteiger charge is -2.32. The maximum Gasteiger partial charge on any atom is 0.225 e. The molecule has 3 heterocycles. The largest absolute Gasteiger partial charge is 0.368 e. The number of benzene rings is 1. The van der Waals surface area contributed by atoms with Gasteiger partial charge < -0.3 is 9.64 Å². The van der Waals surface area contributed by atoms with Gasteiger partial charge in [0.15, 0.2) is 0 Å². The van der Waals surface area contributed by atoms with Crippen molar-refractivity contribution in [3.05, 3.63) is 72.4 Å². The first-order chi connectivity index (χ1) is 12.3. The number of ether oxygens (including phenoxy) is 1. The SMILES string of the molecule is Fc1cccc(-c2cccc([C@@H]3CN(c4ncccn4)CCO3)n2)c1. The van der Waals surface area contributed by atoms with Crippen molar-refractivity contribution < 1.29 is 9.13 Å². The third-order valence-electron chi connectivity index (χ3n) is 4.12. The summed E-state index contributed by atoms with van der Waals surface area (Å²) in [6.45, 7) is 1.95. The van der Waals surface area contributed by atoms with Crippen LogP contribution in [0.15, 0.2) is 60.9 Å². The number of aromatic nitrogens is 3. The Morgan fingerprint density at radius 2 is 1.88 bits per heavy atom. The molecule has 1 fully saturated rings. The van der Waals surface area contributed by atoms with Gasteiger partial charge >= 0.3 is 0 Å². The molecule has 1 aromatic carbocycles. The molecule has 1 aliphatic heterocycles. The Hall–Kier alpha value is -2.86. The second-order valence-corrected chi connectivity index (χ2v) is 5.81. The van der Waals surface area contributed by atoms with Crippen molar-refractivity contribution in [1.82, 2.24) is 15.0 Å². The molecule has 1 saturated heterocycles. The van der Waals surface area contributed by atoms with Crippen molar-refractivity contribution in [2.45, 2.75) is 6.10 Å². The van der Waals surface area contributed by atoms with Gasteiger partial charge in [-0.2, -0.15) is 0 Å². The third-order valence-corrected chi connectivity index (χ3v) is 4.12. The fourth-order valence-electron chi connectivity index (χ4n) is 2.90. The molecule has 0 radical (unpaired) electrons. The van der Waals surface area contributed by atoms with Crippen LogP contribution in [-0.4, -0.2) is 34.6 Å². The Balaban J connectivity index is 1.58. The normalized spacial score (nSPS) is 17.5. The molecule has 2 aromatic heterocycles. The number of hydrogen-bond acceptors (Lipinski definition) is 5. The van der Waals surface area contributed by atoms with Crippen LogP contribution < -0.4 is 4.90 Å². The Morgan fingerprint density at radius 3 is 2.72 bits per heavy atom. The first-order valence-corrected chi connectivity index (χ1v) is 8.16. The standard InChI is InChI=1S/C19H17FN4O/c20-15-5-1-4-14(12-15)16-6-2-7-17(23-16)18-13-24(10-11-25-18)19-21-8-3-9-22-19/h1-9,12,18H,10-11,13H2/t18-/m0/s1. The van der Waals surface area contributed by atoms with Gasteiger partial charge in [-0.1, -0.05) is 18.2 Å². The summed E-state index contributed by atoms with van der Waals surface area (Å²) in [6.07, 6.45) is 3.29. The van der Waals surface area contributed by atoms with Crippen molar-refractivity contribution in [1.29, 1.82) is 0 Å². The van der Waals surface area contributed by atoms with E-state index in [2.05, 4.69) is 19.9 Å². The molecule has 0 bridgehead atoms. The Morgan fingerprint density at radius 1 is 1.04 bits per heavy atom. The number of anilines is 1. The van der Waals surface area contributed by atoms with Gasteiger partial charge in [-0.15, -0.1) is 0 Å². The van der Waals surface area contributed by atoms with Crippen LogP contribution >= 0.6 is 0 Å². The van der Waals surface area contributed by atoms with Gasteiger partial charge in [0, 0.05) is 24.5 Å². The zero-order valence-corrected chi connectivity index (χ0v) is 13.5. The van der Waals surface area contributed by atoms with E-state index in [4.69, 9.17) is 4.74 Å². The highest BCUT2D eigenvalue weighted by Crippen LogP contribution is 2.25. The van der Waals surface area contributed by atoms with Crippen LogP contribution in [0, 0.1) is 5.82 Å². The number of halogens is 1. The molecule has 0 aliphatic carbocycles. The summed E-state index contributed by atoms with van der Waals surface area (Å²) in [6, 6.07) is 14.0. The van der Waals surface area contributed by atoms with Gasteiger partial charge in [-0.3, -0.25) is 0 Å². The molecule has 126 valence electrons. The molecule has 0 saturated carbocycles. The molecule has 3 aromatic rings. The molecular formula is C19H17FN4O. The summed E-state index contributed by atoms with van der Waals surface area (Å²) >= 11 is 0. The molecule has 1 aliphatic rings. The van der Waals surface area contributed by atoms with E-state index in [1.165, 1.54) is 12.1 Å². The minimum absolute atomic E-state index is 0.175. The van der Waals surface area contributed by atoms with Gasteiger partial charge in [0.05, 0.1) is 24.5 Å². The van der Waals surface area contributed by atoms with Crippen LogP contribution in [0.3, 0.4) is 0 Å². The maximum atomic E-state index is 13.5. The summed E-state index contributed by atoms with van der Waals surface area (Å²) < 4.78 is 19.4. The minimum Gasteiger partial charge on any atom is -0.368 e. The van der Waals surface area contributed by atoms with Crippen molar-refractivity contribution in [2.75, 3.05) is 24.6 Å². The van der Waals surface area contributed by atoms with E-state index in [0.717, 1.165) is 23.5 Å². The average molecular weight is 336 g/mol. The van der Waals surface area contributed by atoms with Gasteiger partial charge in [-0.05, 0) is 30.3 Å². The molecule has 25 heavy (non-hydrogen) atoms. The highest BCUT2D eigenvalue weighted by Gasteiger charge is 2.24. The van der Waals surface area contributed by atoms with Crippen molar-refractivity contribution in [3.63, 3.8) is 0 Å². The molecule has 0 unspecified atom stereocenters. The molecule has 1 atom stereocenters. The van der Waals surface area contributed by atoms with Gasteiger partial charge in [-0.25, -0.2) is 19.3 Å². The number of hydrogen-bond donors (Lipinski definition) is 0. The first kappa shape index (κ1) is 15.7. The fourth-order valence-corrected chi connectivity index (χ4v) is 2.90. The lowest BCUT2D eigenvalue weighted by molar-refractivity contribution is 0.0365. The number of rotatable bonds is 3. The monoisotopic (exact) mass is 336 g/mol. The predicted octanol–water partition coefficient (Wildman–Crippen LogP) is 3.26. The molecule has 5 nitrogen and oxygen atoms in total. The fraction of sp³-hybridized carbons (Fsp3) is 0.211. The van der Waals surface area contributed by atoms with E-state index < -0.39 is 0 Å². The number of nitrogens with zero attached hydrogens (tertiary/aromatic N) is 4. The molecular weight excluding hydrogens is 319 g/mol. The van der Waals surface area contributed by atoms with E-state index in [1.807, 2.05) is 24.3 Å². The summed E-state index contributed by atoms with van der Waals surface area (Å²) in [7, 11) is 0. The Bertz CT molecular complexity index is 859. The van der Waals surface area contributed by atoms with Crippen LogP contribution in [0.4, 0.5) is 10.3 Å². The maximum absolute atomic E-state index is 13.5. The number of pyridine rings is 1. The van der Waals surface area contributed by atoms with Gasteiger partial charge in [0.1, 0.15) is 11.9 Å². The quantitative estimate of drug-likeness (QED) is 0.735. The second kappa shape index (κ2) is 6.94. The number of morpholine rings is 1. The van der Waals surface area contributed by atoms with Gasteiger partial charge in [0.25, 0.3) is 0 Å². The van der Waals surface area contributed by atoms with Crippen molar-refractivity contribution >= 4 is 5.95 Å². The van der Waals surface area contributed by atoms with E-state index in [9.17, 15) is 4.39 Å². The topological polar surface area (TPSA) is 51.1 Å². The van der Waals surface area contributed by atoms with Crippen LogP contribution in [-0.2, 0) is 4.74 Å². The highest BCUT2D eigenvalue weighted by atomic mass is 19.1. The molecule has 0 amide bonds. The van der Waals surface area contributed by atoms with E-state index in [-0.39, 0.29) is 11.9 Å². The highest BCUT2D eigenvalue weighted by molar-refractivity contribution is 5.59. The summed E-state index contributed by atoms with van der Waals surface area (Å²) in [5.74, 6) is 0.420. The zero-order valence-electron chi connectivity index (χ0n) is 13.5. The summed E-state index contributed by atoms with van der Waals surface area (Å²) in [5.41, 5.74) is 2.30. The smallest absolute Gasteiger partial charge is 0.225 e. The van der Waals surface area contributed by atoms with E-state index in [0.29, 0.717) is 19.1 Å². The molecule has 4 rings (SSSR count). The minimum atomic E-state index is -0.272. The van der Waals surface area contributed by atoms with Gasteiger partial charge in [0.2, 0.25) is 5.95 Å². The zero-order chi connectivity index (χ0) is 17.1. The van der Waals surface area contributed by atoms with Crippen molar-refractivity contribution in [2.24, 2.45) is 0 Å². The first-order valence-electron chi connectivity index (χ1n) is 8.16. The van der Waals surface area contributed by atoms with E-state index in [1.54, 1.807) is 24.5 Å². The molecule has 6 heteroatoms. The van der Waals surface area contributed by atoms with Crippen LogP contribution in [0.2, 0.25) is 0 Å². The van der Waals surface area contributed by atoms with Crippen LogP contribution in [0.5, 0.6) is 0 Å².